The fourth-order valence-electron chi connectivity index (χ4n) is 12.7. The summed E-state index contributed by atoms with van der Waals surface area (Å²) in [5.41, 5.74) is 10.5. The van der Waals surface area contributed by atoms with E-state index in [9.17, 15) is 0 Å². The Morgan fingerprint density at radius 3 is 1.29 bits per heavy atom. The van der Waals surface area contributed by atoms with Gasteiger partial charge in [-0.25, -0.2) is 0 Å². The summed E-state index contributed by atoms with van der Waals surface area (Å²) >= 11 is 0. The Morgan fingerprint density at radius 1 is 0.276 bits per heavy atom. The van der Waals surface area contributed by atoms with Crippen LogP contribution in [0.5, 0.6) is 0 Å². The second-order valence-electron chi connectivity index (χ2n) is 20.2. The third-order valence-electron chi connectivity index (χ3n) is 16.0. The lowest BCUT2D eigenvalue weighted by Crippen LogP contribution is -2.30. The zero-order valence-corrected chi connectivity index (χ0v) is 41.8. The molecule has 0 aliphatic heterocycles. The third-order valence-corrected chi connectivity index (χ3v) is 16.0. The van der Waals surface area contributed by atoms with Gasteiger partial charge in [-0.05, 0) is 165 Å². The van der Waals surface area contributed by atoms with E-state index in [1.165, 1.54) is 114 Å². The number of allylic oxidation sites excluding steroid dienone is 2. The lowest BCUT2D eigenvalue weighted by molar-refractivity contribution is 0.788. The van der Waals surface area contributed by atoms with E-state index in [-0.39, 0.29) is 6.04 Å². The first-order valence-electron chi connectivity index (χ1n) is 26.5. The quantitative estimate of drug-likeness (QED) is 0.111. The standard InChI is InChI=1S/C74H50N2/c1-3-27-53(28-4-1)75(71-39-19-25-49-21-7-13-33-59(49)71)55-41-43-65-69(47-55)73(67-45-51-23-9-11-31-57(51)61-35-15-17-37-63(61)67)66-44-42-56(76(54-29-5-2-6-30-54)72-40-20-26-50-22-8-14-34-60(50)72)48-70(66)74(65)68-46-52-24-10-12-32-58(52)62-36-16-18-38-64(62)68/h1-29,31-48,54H,30H2. The van der Waals surface area contributed by atoms with Gasteiger partial charge in [0.05, 0.1) is 11.7 Å². The van der Waals surface area contributed by atoms with Crippen LogP contribution in [0.25, 0.3) is 108 Å². The third kappa shape index (κ3) is 7.10. The van der Waals surface area contributed by atoms with Crippen molar-refractivity contribution >= 4 is 115 Å². The Labute approximate surface area is 441 Å². The molecular weight excluding hydrogens is 917 g/mol. The average Bonchev–Trinajstić information content (AvgIpc) is 3.52. The molecule has 0 saturated carbocycles. The normalized spacial score (nSPS) is 13.5. The van der Waals surface area contributed by atoms with E-state index in [1.54, 1.807) is 0 Å². The van der Waals surface area contributed by atoms with Crippen molar-refractivity contribution in [3.63, 3.8) is 0 Å². The van der Waals surface area contributed by atoms with E-state index in [4.69, 9.17) is 0 Å². The minimum absolute atomic E-state index is 0.100. The molecule has 1 atom stereocenters. The molecule has 0 N–H and O–H groups in total. The molecule has 76 heavy (non-hydrogen) atoms. The van der Waals surface area contributed by atoms with Crippen LogP contribution >= 0.6 is 0 Å². The number of rotatable bonds is 8. The predicted octanol–water partition coefficient (Wildman–Crippen LogP) is 20.7. The van der Waals surface area contributed by atoms with Crippen molar-refractivity contribution in [2.24, 2.45) is 0 Å². The highest BCUT2D eigenvalue weighted by Crippen LogP contribution is 2.52. The molecule has 0 fully saturated rings. The van der Waals surface area contributed by atoms with Crippen molar-refractivity contribution < 1.29 is 0 Å². The summed E-state index contributed by atoms with van der Waals surface area (Å²) in [4.78, 5) is 5.04. The van der Waals surface area contributed by atoms with Crippen molar-refractivity contribution in [2.45, 2.75) is 12.5 Å². The summed E-state index contributed by atoms with van der Waals surface area (Å²) < 4.78 is 0. The first-order chi connectivity index (χ1) is 37.7. The van der Waals surface area contributed by atoms with Gasteiger partial charge in [0.25, 0.3) is 0 Å². The minimum Gasteiger partial charge on any atom is -0.334 e. The molecule has 1 aliphatic carbocycles. The molecule has 14 aromatic carbocycles. The van der Waals surface area contributed by atoms with Crippen molar-refractivity contribution in [1.82, 2.24) is 0 Å². The van der Waals surface area contributed by atoms with Crippen LogP contribution in [0.3, 0.4) is 0 Å². The lowest BCUT2D eigenvalue weighted by Gasteiger charge is -2.34. The number of hydrogen-bond acceptors (Lipinski definition) is 2. The molecule has 0 saturated heterocycles. The maximum atomic E-state index is 2.59. The molecule has 0 heterocycles. The monoisotopic (exact) mass is 966 g/mol. The van der Waals surface area contributed by atoms with Gasteiger partial charge >= 0.3 is 0 Å². The highest BCUT2D eigenvalue weighted by atomic mass is 15.2. The van der Waals surface area contributed by atoms with Crippen LogP contribution in [0.4, 0.5) is 28.4 Å². The van der Waals surface area contributed by atoms with Gasteiger partial charge in [-0.15, -0.1) is 0 Å². The van der Waals surface area contributed by atoms with Gasteiger partial charge in [0, 0.05) is 33.5 Å². The van der Waals surface area contributed by atoms with Gasteiger partial charge in [0.15, 0.2) is 0 Å². The minimum atomic E-state index is 0.100. The zero-order valence-electron chi connectivity index (χ0n) is 41.8. The molecule has 0 bridgehead atoms. The summed E-state index contributed by atoms with van der Waals surface area (Å²) in [6.07, 6.45) is 9.96. The highest BCUT2D eigenvalue weighted by molar-refractivity contribution is 6.29. The number of para-hydroxylation sites is 1. The number of hydrogen-bond donors (Lipinski definition) is 0. The summed E-state index contributed by atoms with van der Waals surface area (Å²) in [6, 6.07) is 97.4. The Bertz CT molecular complexity index is 4690. The molecule has 2 heteroatoms. The molecule has 14 aromatic rings. The maximum Gasteiger partial charge on any atom is 0.0560 e. The van der Waals surface area contributed by atoms with E-state index >= 15 is 0 Å². The molecular formula is C74H50N2. The zero-order chi connectivity index (χ0) is 50.1. The van der Waals surface area contributed by atoms with Crippen LogP contribution in [0, 0.1) is 0 Å². The van der Waals surface area contributed by atoms with E-state index in [0.29, 0.717) is 0 Å². The first-order valence-corrected chi connectivity index (χ1v) is 26.5. The first kappa shape index (κ1) is 43.8. The molecule has 15 rings (SSSR count). The summed E-state index contributed by atoms with van der Waals surface area (Å²) in [7, 11) is 0. The van der Waals surface area contributed by atoms with Gasteiger partial charge in [0.2, 0.25) is 0 Å². The van der Waals surface area contributed by atoms with Crippen LogP contribution in [-0.2, 0) is 0 Å². The van der Waals surface area contributed by atoms with E-state index in [0.717, 1.165) is 29.2 Å². The molecule has 1 unspecified atom stereocenters. The molecule has 2 nitrogen and oxygen atoms in total. The van der Waals surface area contributed by atoms with Gasteiger partial charge in [-0.3, -0.25) is 0 Å². The molecule has 0 radical (unpaired) electrons. The summed E-state index contributed by atoms with van der Waals surface area (Å²) in [6.45, 7) is 0. The van der Waals surface area contributed by atoms with E-state index < -0.39 is 0 Å². The van der Waals surface area contributed by atoms with Crippen molar-refractivity contribution in [1.29, 1.82) is 0 Å². The predicted molar refractivity (Wildman–Crippen MR) is 327 cm³/mol. The Balaban J connectivity index is 1.12. The van der Waals surface area contributed by atoms with Crippen LogP contribution in [0.2, 0.25) is 0 Å². The van der Waals surface area contributed by atoms with Gasteiger partial charge in [0.1, 0.15) is 0 Å². The fraction of sp³-hybridized carbons (Fsp3) is 0.0270. The SMILES string of the molecule is C1=CCC(N(c2ccc3c(-c4cc5ccccc5c5ccccc45)c4cc(N(c5ccccc5)c5cccc6ccccc56)ccc4c(-c4cc5ccccc5c5ccccc45)c3c2)c2cccc3ccccc23)C=C1. The van der Waals surface area contributed by atoms with Crippen LogP contribution in [0.15, 0.2) is 285 Å². The van der Waals surface area contributed by atoms with Gasteiger partial charge < -0.3 is 9.80 Å². The average molecular weight is 967 g/mol. The molecule has 1 aliphatic rings. The number of fused-ring (bicyclic) bond motifs is 10. The van der Waals surface area contributed by atoms with E-state index in [1.807, 2.05) is 0 Å². The largest absolute Gasteiger partial charge is 0.334 e. The maximum absolute atomic E-state index is 2.59. The second kappa shape index (κ2) is 18.0. The van der Waals surface area contributed by atoms with Gasteiger partial charge in [-0.2, -0.15) is 0 Å². The van der Waals surface area contributed by atoms with Crippen LogP contribution in [0.1, 0.15) is 6.42 Å². The smallest absolute Gasteiger partial charge is 0.0560 e. The van der Waals surface area contributed by atoms with Gasteiger partial charge in [-0.1, -0.05) is 224 Å². The Hall–Kier alpha value is -9.76. The summed E-state index contributed by atoms with van der Waals surface area (Å²) in [5, 5.41) is 19.6. The number of benzene rings is 14. The Kier molecular flexibility index (Phi) is 10.4. The van der Waals surface area contributed by atoms with Crippen molar-refractivity contribution in [3.8, 4) is 22.3 Å². The fourth-order valence-corrected chi connectivity index (χ4v) is 12.7. The van der Waals surface area contributed by atoms with Crippen LogP contribution in [-0.4, -0.2) is 6.04 Å². The second-order valence-corrected chi connectivity index (χ2v) is 20.2. The highest BCUT2D eigenvalue weighted by Gasteiger charge is 2.27. The molecule has 0 aromatic heterocycles. The molecule has 0 amide bonds. The summed E-state index contributed by atoms with van der Waals surface area (Å²) in [5.74, 6) is 0. The van der Waals surface area contributed by atoms with Crippen molar-refractivity contribution in [3.05, 3.63) is 285 Å². The molecule has 356 valence electrons. The number of nitrogens with zero attached hydrogens (tertiary/aromatic N) is 2. The van der Waals surface area contributed by atoms with Crippen LogP contribution < -0.4 is 9.80 Å². The topological polar surface area (TPSA) is 6.48 Å². The lowest BCUT2D eigenvalue weighted by atomic mass is 9.82. The number of anilines is 5. The molecule has 0 spiro atoms. The Morgan fingerprint density at radius 2 is 0.724 bits per heavy atom. The van der Waals surface area contributed by atoms with E-state index in [2.05, 4.69) is 295 Å². The van der Waals surface area contributed by atoms with Crippen molar-refractivity contribution in [2.75, 3.05) is 9.80 Å².